The summed E-state index contributed by atoms with van der Waals surface area (Å²) in [4.78, 5) is 0. The highest BCUT2D eigenvalue weighted by molar-refractivity contribution is 7.90. The standard InChI is InChI=1S/C13H21ClN2O2S/c1-3-7-15-9-11(2)19(17,18)16-10-12-5-4-6-13(14)8-12/h4-6,8,11,15-16H,3,7,9-10H2,1-2H3. The molecule has 0 fully saturated rings. The fraction of sp³-hybridized carbons (Fsp3) is 0.538. The predicted molar refractivity (Wildman–Crippen MR) is 79.8 cm³/mol. The Morgan fingerprint density at radius 2 is 2.11 bits per heavy atom. The third-order valence-electron chi connectivity index (χ3n) is 2.75. The quantitative estimate of drug-likeness (QED) is 0.724. The average Bonchev–Trinajstić information content (AvgIpc) is 2.37. The van der Waals surface area contributed by atoms with E-state index in [1.807, 2.05) is 13.0 Å². The van der Waals surface area contributed by atoms with E-state index in [0.717, 1.165) is 18.5 Å². The molecule has 0 heterocycles. The molecule has 0 saturated carbocycles. The van der Waals surface area contributed by atoms with Gasteiger partial charge in [-0.15, -0.1) is 0 Å². The maximum atomic E-state index is 12.0. The van der Waals surface area contributed by atoms with Crippen LogP contribution in [0.2, 0.25) is 5.02 Å². The summed E-state index contributed by atoms with van der Waals surface area (Å²) in [5, 5.41) is 3.25. The van der Waals surface area contributed by atoms with Gasteiger partial charge in [0.25, 0.3) is 0 Å². The van der Waals surface area contributed by atoms with Crippen molar-refractivity contribution in [3.8, 4) is 0 Å². The van der Waals surface area contributed by atoms with Crippen LogP contribution in [0.5, 0.6) is 0 Å². The highest BCUT2D eigenvalue weighted by Gasteiger charge is 2.19. The molecule has 0 amide bonds. The van der Waals surface area contributed by atoms with Gasteiger partial charge in [0.15, 0.2) is 0 Å². The fourth-order valence-electron chi connectivity index (χ4n) is 1.56. The average molecular weight is 305 g/mol. The van der Waals surface area contributed by atoms with Gasteiger partial charge in [-0.25, -0.2) is 13.1 Å². The first-order chi connectivity index (χ1) is 8.95. The lowest BCUT2D eigenvalue weighted by atomic mass is 10.2. The second-order valence-corrected chi connectivity index (χ2v) is 7.13. The normalized spacial score (nSPS) is 13.4. The number of hydrogen-bond donors (Lipinski definition) is 2. The van der Waals surface area contributed by atoms with Crippen LogP contribution in [0.15, 0.2) is 24.3 Å². The van der Waals surface area contributed by atoms with Crippen molar-refractivity contribution in [2.45, 2.75) is 32.1 Å². The second kappa shape index (κ2) is 7.85. The first-order valence-electron chi connectivity index (χ1n) is 6.39. The van der Waals surface area contributed by atoms with Crippen LogP contribution in [0.25, 0.3) is 0 Å². The van der Waals surface area contributed by atoms with Gasteiger partial charge in [-0.2, -0.15) is 0 Å². The molecule has 19 heavy (non-hydrogen) atoms. The molecule has 0 aromatic heterocycles. The smallest absolute Gasteiger partial charge is 0.215 e. The van der Waals surface area contributed by atoms with E-state index in [2.05, 4.69) is 10.0 Å². The molecule has 1 aromatic carbocycles. The van der Waals surface area contributed by atoms with E-state index in [0.29, 0.717) is 11.6 Å². The second-order valence-electron chi connectivity index (χ2n) is 4.51. The summed E-state index contributed by atoms with van der Waals surface area (Å²) < 4.78 is 26.6. The van der Waals surface area contributed by atoms with Gasteiger partial charge in [-0.1, -0.05) is 30.7 Å². The monoisotopic (exact) mass is 304 g/mol. The maximum Gasteiger partial charge on any atom is 0.215 e. The van der Waals surface area contributed by atoms with Gasteiger partial charge >= 0.3 is 0 Å². The highest BCUT2D eigenvalue weighted by Crippen LogP contribution is 2.11. The van der Waals surface area contributed by atoms with E-state index < -0.39 is 15.3 Å². The number of halogens is 1. The molecule has 0 aliphatic heterocycles. The molecule has 0 radical (unpaired) electrons. The molecule has 1 aromatic rings. The zero-order valence-electron chi connectivity index (χ0n) is 11.3. The number of sulfonamides is 1. The zero-order valence-corrected chi connectivity index (χ0v) is 12.9. The van der Waals surface area contributed by atoms with Crippen LogP contribution >= 0.6 is 11.6 Å². The number of rotatable bonds is 8. The van der Waals surface area contributed by atoms with Crippen LogP contribution < -0.4 is 10.0 Å². The molecule has 108 valence electrons. The molecule has 1 unspecified atom stereocenters. The van der Waals surface area contributed by atoms with Crippen molar-refractivity contribution < 1.29 is 8.42 Å². The minimum absolute atomic E-state index is 0.265. The van der Waals surface area contributed by atoms with E-state index in [-0.39, 0.29) is 6.54 Å². The Balaban J connectivity index is 2.50. The number of nitrogens with one attached hydrogen (secondary N) is 2. The largest absolute Gasteiger partial charge is 0.315 e. The van der Waals surface area contributed by atoms with E-state index in [1.165, 1.54) is 0 Å². The molecule has 0 aliphatic carbocycles. The topological polar surface area (TPSA) is 58.2 Å². The van der Waals surface area contributed by atoms with E-state index >= 15 is 0 Å². The third kappa shape index (κ3) is 5.91. The summed E-state index contributed by atoms with van der Waals surface area (Å²) in [5.74, 6) is 0. The van der Waals surface area contributed by atoms with Gasteiger partial charge in [0.1, 0.15) is 0 Å². The molecule has 1 rings (SSSR count). The van der Waals surface area contributed by atoms with Crippen LogP contribution in [0.3, 0.4) is 0 Å². The van der Waals surface area contributed by atoms with Gasteiger partial charge in [0.05, 0.1) is 5.25 Å². The molecule has 6 heteroatoms. The van der Waals surface area contributed by atoms with Crippen molar-refractivity contribution in [3.63, 3.8) is 0 Å². The van der Waals surface area contributed by atoms with E-state index in [1.54, 1.807) is 25.1 Å². The number of benzene rings is 1. The lowest BCUT2D eigenvalue weighted by Gasteiger charge is -2.14. The number of hydrogen-bond acceptors (Lipinski definition) is 3. The fourth-order valence-corrected chi connectivity index (χ4v) is 2.77. The Kier molecular flexibility index (Phi) is 6.79. The summed E-state index contributed by atoms with van der Waals surface area (Å²) in [7, 11) is -3.31. The summed E-state index contributed by atoms with van der Waals surface area (Å²) in [6, 6.07) is 7.16. The molecule has 0 spiro atoms. The summed E-state index contributed by atoms with van der Waals surface area (Å²) in [6.45, 7) is 5.29. The summed E-state index contributed by atoms with van der Waals surface area (Å²) in [6.07, 6.45) is 0.989. The molecule has 4 nitrogen and oxygen atoms in total. The van der Waals surface area contributed by atoms with Crippen LogP contribution in [-0.2, 0) is 16.6 Å². The van der Waals surface area contributed by atoms with Crippen LogP contribution in [0.4, 0.5) is 0 Å². The molecule has 0 saturated heterocycles. The molecule has 2 N–H and O–H groups in total. The van der Waals surface area contributed by atoms with Crippen molar-refractivity contribution in [2.24, 2.45) is 0 Å². The van der Waals surface area contributed by atoms with Crippen molar-refractivity contribution in [1.29, 1.82) is 0 Å². The highest BCUT2D eigenvalue weighted by atomic mass is 35.5. The van der Waals surface area contributed by atoms with Crippen LogP contribution in [0, 0.1) is 0 Å². The first-order valence-corrected chi connectivity index (χ1v) is 8.31. The van der Waals surface area contributed by atoms with Gasteiger partial charge < -0.3 is 5.32 Å². The summed E-state index contributed by atoms with van der Waals surface area (Å²) >= 11 is 5.85. The van der Waals surface area contributed by atoms with Gasteiger partial charge in [-0.05, 0) is 37.6 Å². The Labute approximate surface area is 120 Å². The van der Waals surface area contributed by atoms with Crippen molar-refractivity contribution in [3.05, 3.63) is 34.9 Å². The SMILES string of the molecule is CCCNCC(C)S(=O)(=O)NCc1cccc(Cl)c1. The maximum absolute atomic E-state index is 12.0. The third-order valence-corrected chi connectivity index (χ3v) is 4.76. The van der Waals surface area contributed by atoms with Gasteiger partial charge in [0.2, 0.25) is 10.0 Å². The Morgan fingerprint density at radius 1 is 1.37 bits per heavy atom. The zero-order chi connectivity index (χ0) is 14.3. The Morgan fingerprint density at radius 3 is 2.74 bits per heavy atom. The Hall–Kier alpha value is -0.620. The van der Waals surface area contributed by atoms with Crippen molar-refractivity contribution in [1.82, 2.24) is 10.0 Å². The predicted octanol–water partition coefficient (Wildman–Crippen LogP) is 2.15. The summed E-state index contributed by atoms with van der Waals surface area (Å²) in [5.41, 5.74) is 0.852. The minimum Gasteiger partial charge on any atom is -0.315 e. The Bertz CT molecular complexity index is 491. The van der Waals surface area contributed by atoms with E-state index in [9.17, 15) is 8.42 Å². The van der Waals surface area contributed by atoms with Crippen molar-refractivity contribution >= 4 is 21.6 Å². The molecule has 0 aliphatic rings. The van der Waals surface area contributed by atoms with Crippen LogP contribution in [0.1, 0.15) is 25.8 Å². The van der Waals surface area contributed by atoms with Gasteiger partial charge in [-0.3, -0.25) is 0 Å². The molecular formula is C13H21ClN2O2S. The molecule has 0 bridgehead atoms. The lowest BCUT2D eigenvalue weighted by Crippen LogP contribution is -2.38. The minimum atomic E-state index is -3.31. The lowest BCUT2D eigenvalue weighted by molar-refractivity contribution is 0.557. The van der Waals surface area contributed by atoms with Crippen LogP contribution in [-0.4, -0.2) is 26.8 Å². The van der Waals surface area contributed by atoms with Gasteiger partial charge in [0, 0.05) is 18.1 Å². The molecular weight excluding hydrogens is 284 g/mol. The van der Waals surface area contributed by atoms with E-state index in [4.69, 9.17) is 11.6 Å². The first kappa shape index (κ1) is 16.4. The van der Waals surface area contributed by atoms with Crippen molar-refractivity contribution in [2.75, 3.05) is 13.1 Å². The molecule has 1 atom stereocenters.